The Bertz CT molecular complexity index is 1140. The molecule has 0 N–H and O–H groups in total. The molecular formula is C17H19N7O2. The molecule has 4 aromatic heterocycles. The predicted molar refractivity (Wildman–Crippen MR) is 93.7 cm³/mol. The maximum Gasteiger partial charge on any atom is 0.291 e. The Morgan fingerprint density at radius 1 is 1.27 bits per heavy atom. The first-order valence-electron chi connectivity index (χ1n) is 8.76. The fraction of sp³-hybridized carbons (Fsp3) is 0.412. The van der Waals surface area contributed by atoms with Gasteiger partial charge in [-0.3, -0.25) is 14.1 Å². The van der Waals surface area contributed by atoms with E-state index in [0.717, 1.165) is 37.4 Å². The van der Waals surface area contributed by atoms with Crippen molar-refractivity contribution in [3.05, 3.63) is 47.2 Å². The molecule has 4 aromatic rings. The SMILES string of the molecule is CC(CCn1ncn2c(cc3occc32)c1=O)N1CCn2cnnc2C1. The normalized spacial score (nSPS) is 16.3. The molecule has 1 atom stereocenters. The van der Waals surface area contributed by atoms with E-state index in [2.05, 4.69) is 31.7 Å². The average Bonchev–Trinajstić information content (AvgIpc) is 3.36. The summed E-state index contributed by atoms with van der Waals surface area (Å²) in [5, 5.41) is 12.5. The summed E-state index contributed by atoms with van der Waals surface area (Å²) in [5.74, 6) is 0.996. The van der Waals surface area contributed by atoms with Crippen molar-refractivity contribution < 1.29 is 4.42 Å². The van der Waals surface area contributed by atoms with Gasteiger partial charge in [0.2, 0.25) is 0 Å². The van der Waals surface area contributed by atoms with Crippen molar-refractivity contribution in [1.29, 1.82) is 0 Å². The van der Waals surface area contributed by atoms with E-state index in [1.165, 1.54) is 4.68 Å². The van der Waals surface area contributed by atoms with Crippen LogP contribution in [0.25, 0.3) is 16.6 Å². The van der Waals surface area contributed by atoms with Gasteiger partial charge in [0.25, 0.3) is 5.56 Å². The standard InChI is InChI=1S/C17H19N7O2/c1-12(21-5-6-22-10-18-20-16(22)9-21)2-4-24-17(25)14-8-15-13(3-7-26-15)23(14)11-19-24/h3,7-8,10-12H,2,4-6,9H2,1H3. The Labute approximate surface area is 148 Å². The number of aryl methyl sites for hydroxylation is 1. The zero-order valence-corrected chi connectivity index (χ0v) is 14.4. The number of rotatable bonds is 4. The summed E-state index contributed by atoms with van der Waals surface area (Å²) in [4.78, 5) is 15.1. The lowest BCUT2D eigenvalue weighted by Gasteiger charge is -2.32. The second kappa shape index (κ2) is 5.80. The molecular weight excluding hydrogens is 334 g/mol. The smallest absolute Gasteiger partial charge is 0.291 e. The van der Waals surface area contributed by atoms with Crippen LogP contribution in [0.15, 0.2) is 40.3 Å². The van der Waals surface area contributed by atoms with E-state index >= 15 is 0 Å². The number of hydrogen-bond donors (Lipinski definition) is 0. The van der Waals surface area contributed by atoms with Crippen LogP contribution in [0, 0.1) is 0 Å². The molecule has 1 aliphatic rings. The van der Waals surface area contributed by atoms with Crippen LogP contribution < -0.4 is 5.56 Å². The molecule has 0 radical (unpaired) electrons. The van der Waals surface area contributed by atoms with Gasteiger partial charge < -0.3 is 8.98 Å². The molecule has 9 heteroatoms. The maximum atomic E-state index is 12.7. The van der Waals surface area contributed by atoms with Crippen molar-refractivity contribution in [3.8, 4) is 0 Å². The second-order valence-corrected chi connectivity index (χ2v) is 6.78. The van der Waals surface area contributed by atoms with Crippen molar-refractivity contribution in [2.75, 3.05) is 6.54 Å². The van der Waals surface area contributed by atoms with Crippen molar-refractivity contribution in [2.24, 2.45) is 0 Å². The average molecular weight is 353 g/mol. The summed E-state index contributed by atoms with van der Waals surface area (Å²) >= 11 is 0. The molecule has 0 saturated carbocycles. The van der Waals surface area contributed by atoms with Crippen molar-refractivity contribution in [3.63, 3.8) is 0 Å². The van der Waals surface area contributed by atoms with Gasteiger partial charge in [0.05, 0.1) is 18.3 Å². The number of nitrogens with zero attached hydrogens (tertiary/aromatic N) is 7. The van der Waals surface area contributed by atoms with Gasteiger partial charge in [-0.05, 0) is 13.3 Å². The number of fused-ring (bicyclic) bond motifs is 4. The highest BCUT2D eigenvalue weighted by molar-refractivity contribution is 5.81. The molecule has 0 aromatic carbocycles. The molecule has 0 fully saturated rings. The highest BCUT2D eigenvalue weighted by atomic mass is 16.3. The van der Waals surface area contributed by atoms with Gasteiger partial charge in [0, 0.05) is 37.8 Å². The summed E-state index contributed by atoms with van der Waals surface area (Å²) in [5.41, 5.74) is 2.06. The molecule has 9 nitrogen and oxygen atoms in total. The first-order chi connectivity index (χ1) is 12.7. The minimum atomic E-state index is -0.0931. The fourth-order valence-electron chi connectivity index (χ4n) is 3.64. The molecule has 134 valence electrons. The molecule has 0 spiro atoms. The molecule has 1 aliphatic heterocycles. The van der Waals surface area contributed by atoms with Crippen molar-refractivity contribution in [1.82, 2.24) is 33.8 Å². The van der Waals surface area contributed by atoms with Gasteiger partial charge in [-0.1, -0.05) is 0 Å². The molecule has 0 saturated heterocycles. The van der Waals surface area contributed by atoms with Gasteiger partial charge in [0.1, 0.15) is 24.0 Å². The third-order valence-corrected chi connectivity index (χ3v) is 5.27. The third kappa shape index (κ3) is 2.35. The lowest BCUT2D eigenvalue weighted by atomic mass is 10.2. The molecule has 0 amide bonds. The number of furan rings is 1. The minimum Gasteiger partial charge on any atom is -0.463 e. The van der Waals surface area contributed by atoms with E-state index in [1.807, 2.05) is 6.07 Å². The third-order valence-electron chi connectivity index (χ3n) is 5.27. The Balaban J connectivity index is 1.33. The van der Waals surface area contributed by atoms with Gasteiger partial charge in [-0.15, -0.1) is 10.2 Å². The highest BCUT2D eigenvalue weighted by Gasteiger charge is 2.22. The van der Waals surface area contributed by atoms with Crippen LogP contribution in [0.5, 0.6) is 0 Å². The van der Waals surface area contributed by atoms with E-state index in [-0.39, 0.29) is 5.56 Å². The van der Waals surface area contributed by atoms with Crippen LogP contribution >= 0.6 is 0 Å². The Morgan fingerprint density at radius 2 is 2.19 bits per heavy atom. The van der Waals surface area contributed by atoms with Crippen LogP contribution in [0.3, 0.4) is 0 Å². The summed E-state index contributed by atoms with van der Waals surface area (Å²) < 4.78 is 10.8. The van der Waals surface area contributed by atoms with Crippen molar-refractivity contribution >= 4 is 16.6 Å². The molecule has 0 aliphatic carbocycles. The first-order valence-corrected chi connectivity index (χ1v) is 8.76. The molecule has 26 heavy (non-hydrogen) atoms. The lowest BCUT2D eigenvalue weighted by Crippen LogP contribution is -2.40. The van der Waals surface area contributed by atoms with Crippen molar-refractivity contribution in [2.45, 2.75) is 39.0 Å². The van der Waals surface area contributed by atoms with Crippen LogP contribution in [0.4, 0.5) is 0 Å². The highest BCUT2D eigenvalue weighted by Crippen LogP contribution is 2.18. The number of aromatic nitrogens is 6. The van der Waals surface area contributed by atoms with Crippen LogP contribution in [-0.4, -0.2) is 46.4 Å². The van der Waals surface area contributed by atoms with Gasteiger partial charge in [-0.2, -0.15) is 5.10 Å². The molecule has 5 heterocycles. The van der Waals surface area contributed by atoms with Gasteiger partial charge in [0.15, 0.2) is 5.58 Å². The van der Waals surface area contributed by atoms with E-state index < -0.39 is 0 Å². The quantitative estimate of drug-likeness (QED) is 0.547. The summed E-state index contributed by atoms with van der Waals surface area (Å²) in [6, 6.07) is 3.94. The van der Waals surface area contributed by atoms with Gasteiger partial charge >= 0.3 is 0 Å². The van der Waals surface area contributed by atoms with E-state index in [0.29, 0.717) is 23.7 Å². The summed E-state index contributed by atoms with van der Waals surface area (Å²) in [6.07, 6.45) is 5.92. The maximum absolute atomic E-state index is 12.7. The van der Waals surface area contributed by atoms with Crippen LogP contribution in [0.2, 0.25) is 0 Å². The fourth-order valence-corrected chi connectivity index (χ4v) is 3.64. The topological polar surface area (TPSA) is 86.4 Å². The Hall–Kier alpha value is -2.94. The molecule has 5 rings (SSSR count). The second-order valence-electron chi connectivity index (χ2n) is 6.78. The minimum absolute atomic E-state index is 0.0931. The first kappa shape index (κ1) is 15.3. The van der Waals surface area contributed by atoms with E-state index in [1.54, 1.807) is 29.4 Å². The molecule has 0 bridgehead atoms. The summed E-state index contributed by atoms with van der Waals surface area (Å²) in [6.45, 7) is 5.41. The monoisotopic (exact) mass is 353 g/mol. The van der Waals surface area contributed by atoms with E-state index in [9.17, 15) is 4.79 Å². The zero-order valence-electron chi connectivity index (χ0n) is 14.4. The Kier molecular flexibility index (Phi) is 3.42. The van der Waals surface area contributed by atoms with Crippen LogP contribution in [0.1, 0.15) is 19.2 Å². The van der Waals surface area contributed by atoms with Gasteiger partial charge in [-0.25, -0.2) is 4.68 Å². The predicted octanol–water partition coefficient (Wildman–Crippen LogP) is 1.13. The largest absolute Gasteiger partial charge is 0.463 e. The lowest BCUT2D eigenvalue weighted by molar-refractivity contribution is 0.150. The van der Waals surface area contributed by atoms with Crippen LogP contribution in [-0.2, 0) is 19.6 Å². The summed E-state index contributed by atoms with van der Waals surface area (Å²) in [7, 11) is 0. The van der Waals surface area contributed by atoms with E-state index in [4.69, 9.17) is 4.42 Å². The molecule has 1 unspecified atom stereocenters. The zero-order chi connectivity index (χ0) is 17.7. The number of hydrogen-bond acceptors (Lipinski definition) is 6. The Morgan fingerprint density at radius 3 is 3.12 bits per heavy atom.